The number of nitrogens with zero attached hydrogens (tertiary/aromatic N) is 3. The number of amides is 2. The number of likely N-dealkylation sites (N-methyl/N-ethyl adjacent to an activating group) is 1. The van der Waals surface area contributed by atoms with E-state index in [1.807, 2.05) is 32.9 Å². The van der Waals surface area contributed by atoms with Crippen LogP contribution in [0.4, 0.5) is 14.5 Å². The molecule has 1 aromatic carbocycles. The molecular weight excluding hydrogens is 470 g/mol. The van der Waals surface area contributed by atoms with E-state index in [0.29, 0.717) is 12.0 Å². The molecule has 0 saturated carbocycles. The van der Waals surface area contributed by atoms with Gasteiger partial charge in [0.2, 0.25) is 12.3 Å². The Hall–Kier alpha value is -2.59. The third-order valence-corrected chi connectivity index (χ3v) is 8.04. The van der Waals surface area contributed by atoms with Crippen molar-refractivity contribution < 1.29 is 27.9 Å². The van der Waals surface area contributed by atoms with E-state index in [1.54, 1.807) is 12.1 Å². The molecule has 4 rings (SSSR count). The van der Waals surface area contributed by atoms with Crippen LogP contribution in [0.3, 0.4) is 0 Å². The van der Waals surface area contributed by atoms with Gasteiger partial charge in [-0.3, -0.25) is 14.4 Å². The fraction of sp³-hybridized carbons (Fsp3) is 0.654. The van der Waals surface area contributed by atoms with Crippen molar-refractivity contribution in [3.63, 3.8) is 0 Å². The van der Waals surface area contributed by atoms with Crippen molar-refractivity contribution >= 4 is 23.3 Å². The summed E-state index contributed by atoms with van der Waals surface area (Å²) in [4.78, 5) is 45.1. The summed E-state index contributed by atoms with van der Waals surface area (Å²) >= 11 is 0. The van der Waals surface area contributed by atoms with Gasteiger partial charge in [0, 0.05) is 44.0 Å². The minimum absolute atomic E-state index is 0.274. The first-order valence-corrected chi connectivity index (χ1v) is 12.6. The molecule has 3 saturated heterocycles. The summed E-state index contributed by atoms with van der Waals surface area (Å²) in [5, 5.41) is 2.85. The lowest BCUT2D eigenvalue weighted by Gasteiger charge is -2.37. The molecule has 2 amide bonds. The first-order valence-electron chi connectivity index (χ1n) is 12.6. The maximum atomic E-state index is 13.7. The number of piperazine rings is 1. The lowest BCUT2D eigenvalue weighted by Crippen LogP contribution is -2.57. The Morgan fingerprint density at radius 2 is 1.78 bits per heavy atom. The number of anilines is 1. The normalized spacial score (nSPS) is 25.9. The van der Waals surface area contributed by atoms with Crippen LogP contribution in [-0.4, -0.2) is 98.4 Å². The maximum absolute atomic E-state index is 13.7. The summed E-state index contributed by atoms with van der Waals surface area (Å²) in [6, 6.07) is 5.24. The Balaban J connectivity index is 1.51. The standard InChI is InChI=1S/C26H36F2N4O4/c1-5-26(2,3)22(25(35)32-14-18(23(27)28)21-20(32)19(33)15-36-21)29-24(34)16-6-8-17(9-7-16)31-12-10-30(4)11-13-31/h6-9,18,20-23H,5,10-15H2,1-4H3,(H,29,34)/t18-,20+,21+,22?/m0/s1. The summed E-state index contributed by atoms with van der Waals surface area (Å²) in [5.74, 6) is -2.56. The predicted octanol–water partition coefficient (Wildman–Crippen LogP) is 2.03. The maximum Gasteiger partial charge on any atom is 0.251 e. The topological polar surface area (TPSA) is 82.2 Å². The van der Waals surface area contributed by atoms with E-state index < -0.39 is 47.8 Å². The fourth-order valence-corrected chi connectivity index (χ4v) is 5.21. The largest absolute Gasteiger partial charge is 0.369 e. The van der Waals surface area contributed by atoms with Crippen LogP contribution in [0.25, 0.3) is 0 Å². The van der Waals surface area contributed by atoms with Crippen molar-refractivity contribution in [1.82, 2.24) is 15.1 Å². The van der Waals surface area contributed by atoms with Crippen molar-refractivity contribution in [2.45, 2.75) is 51.8 Å². The molecule has 0 aromatic heterocycles. The minimum atomic E-state index is -2.72. The molecule has 1 unspecified atom stereocenters. The highest BCUT2D eigenvalue weighted by atomic mass is 19.3. The average Bonchev–Trinajstić information content (AvgIpc) is 3.43. The van der Waals surface area contributed by atoms with Crippen LogP contribution in [0, 0.1) is 11.3 Å². The zero-order valence-corrected chi connectivity index (χ0v) is 21.4. The van der Waals surface area contributed by atoms with Gasteiger partial charge < -0.3 is 24.8 Å². The van der Waals surface area contributed by atoms with E-state index in [1.165, 1.54) is 4.90 Å². The fourth-order valence-electron chi connectivity index (χ4n) is 5.21. The highest BCUT2D eigenvalue weighted by Crippen LogP contribution is 2.37. The summed E-state index contributed by atoms with van der Waals surface area (Å²) in [5.41, 5.74) is 0.762. The van der Waals surface area contributed by atoms with Gasteiger partial charge in [0.1, 0.15) is 18.7 Å². The molecule has 1 aromatic rings. The molecule has 0 bridgehead atoms. The van der Waals surface area contributed by atoms with Crippen molar-refractivity contribution in [3.05, 3.63) is 29.8 Å². The Morgan fingerprint density at radius 1 is 1.14 bits per heavy atom. The Labute approximate surface area is 210 Å². The van der Waals surface area contributed by atoms with Crippen molar-refractivity contribution in [1.29, 1.82) is 0 Å². The molecule has 3 heterocycles. The Kier molecular flexibility index (Phi) is 7.66. The SMILES string of the molecule is CCC(C)(C)C(NC(=O)c1ccc(N2CCN(C)CC2)cc1)C(=O)N1C[C@H](C(F)F)[C@H]2OCC(=O)[C@H]21. The van der Waals surface area contributed by atoms with Crippen LogP contribution < -0.4 is 10.2 Å². The Morgan fingerprint density at radius 3 is 2.36 bits per heavy atom. The van der Waals surface area contributed by atoms with Crippen LogP contribution >= 0.6 is 0 Å². The second-order valence-electron chi connectivity index (χ2n) is 10.8. The lowest BCUT2D eigenvalue weighted by atomic mass is 9.80. The zero-order chi connectivity index (χ0) is 26.2. The monoisotopic (exact) mass is 506 g/mol. The van der Waals surface area contributed by atoms with Gasteiger partial charge >= 0.3 is 0 Å². The zero-order valence-electron chi connectivity index (χ0n) is 21.4. The number of carbonyl (C=O) groups is 3. The number of carbonyl (C=O) groups excluding carboxylic acids is 3. The van der Waals surface area contributed by atoms with Crippen molar-refractivity contribution in [3.8, 4) is 0 Å². The van der Waals surface area contributed by atoms with Gasteiger partial charge in [-0.25, -0.2) is 8.78 Å². The molecule has 8 nitrogen and oxygen atoms in total. The minimum Gasteiger partial charge on any atom is -0.369 e. The molecule has 0 aliphatic carbocycles. The molecule has 3 aliphatic rings. The quantitative estimate of drug-likeness (QED) is 0.610. The lowest BCUT2D eigenvalue weighted by molar-refractivity contribution is -0.140. The second-order valence-corrected chi connectivity index (χ2v) is 10.8. The first kappa shape index (κ1) is 26.5. The Bertz CT molecular complexity index is 979. The van der Waals surface area contributed by atoms with E-state index in [4.69, 9.17) is 4.74 Å². The smallest absolute Gasteiger partial charge is 0.251 e. The number of benzene rings is 1. The van der Waals surface area contributed by atoms with Crippen molar-refractivity contribution in [2.24, 2.45) is 11.3 Å². The molecule has 36 heavy (non-hydrogen) atoms. The number of alkyl halides is 2. The van der Waals surface area contributed by atoms with Gasteiger partial charge in [-0.1, -0.05) is 20.8 Å². The molecule has 0 spiro atoms. The molecule has 198 valence electrons. The van der Waals surface area contributed by atoms with E-state index in [-0.39, 0.29) is 18.9 Å². The van der Waals surface area contributed by atoms with Gasteiger partial charge in [-0.05, 0) is 43.1 Å². The summed E-state index contributed by atoms with van der Waals surface area (Å²) in [6.45, 7) is 8.78. The van der Waals surface area contributed by atoms with E-state index in [2.05, 4.69) is 22.2 Å². The number of likely N-dealkylation sites (tertiary alicyclic amines) is 1. The summed E-state index contributed by atoms with van der Waals surface area (Å²) < 4.78 is 32.6. The number of nitrogens with one attached hydrogen (secondary N) is 1. The predicted molar refractivity (Wildman–Crippen MR) is 131 cm³/mol. The third kappa shape index (κ3) is 5.11. The summed E-state index contributed by atoms with van der Waals surface area (Å²) in [6.07, 6.45) is -3.17. The number of fused-ring (bicyclic) bond motifs is 1. The molecule has 3 aliphatic heterocycles. The van der Waals surface area contributed by atoms with Crippen LogP contribution in [0.2, 0.25) is 0 Å². The highest BCUT2D eigenvalue weighted by molar-refractivity contribution is 5.99. The number of ketones is 1. The number of ether oxygens (including phenoxy) is 1. The molecule has 4 atom stereocenters. The average molecular weight is 507 g/mol. The van der Waals surface area contributed by atoms with Crippen LogP contribution in [0.5, 0.6) is 0 Å². The highest BCUT2D eigenvalue weighted by Gasteiger charge is 2.56. The number of Topliss-reactive ketones (excluding diaryl/α,β-unsaturated/α-hetero) is 1. The van der Waals surface area contributed by atoms with E-state index >= 15 is 0 Å². The van der Waals surface area contributed by atoms with Crippen LogP contribution in [0.15, 0.2) is 24.3 Å². The molecule has 0 radical (unpaired) electrons. The second kappa shape index (κ2) is 10.4. The molecule has 3 fully saturated rings. The third-order valence-electron chi connectivity index (χ3n) is 8.04. The number of rotatable bonds is 7. The number of halogens is 2. The number of hydrogen-bond acceptors (Lipinski definition) is 6. The van der Waals surface area contributed by atoms with Crippen LogP contribution in [0.1, 0.15) is 37.6 Å². The first-order chi connectivity index (χ1) is 17.0. The van der Waals surface area contributed by atoms with Gasteiger partial charge in [0.15, 0.2) is 5.78 Å². The summed E-state index contributed by atoms with van der Waals surface area (Å²) in [7, 11) is 2.09. The van der Waals surface area contributed by atoms with E-state index in [0.717, 1.165) is 31.9 Å². The molecule has 1 N–H and O–H groups in total. The van der Waals surface area contributed by atoms with Crippen LogP contribution in [-0.2, 0) is 14.3 Å². The van der Waals surface area contributed by atoms with Crippen molar-refractivity contribution in [2.75, 3.05) is 51.3 Å². The van der Waals surface area contributed by atoms with Gasteiger partial charge in [0.25, 0.3) is 5.91 Å². The van der Waals surface area contributed by atoms with E-state index in [9.17, 15) is 23.2 Å². The molecular formula is C26H36F2N4O4. The van der Waals surface area contributed by atoms with Gasteiger partial charge in [-0.2, -0.15) is 0 Å². The molecule has 10 heteroatoms. The van der Waals surface area contributed by atoms with Gasteiger partial charge in [-0.15, -0.1) is 0 Å². The van der Waals surface area contributed by atoms with Gasteiger partial charge in [0.05, 0.1) is 12.0 Å². The number of hydrogen-bond donors (Lipinski definition) is 1.